The lowest BCUT2D eigenvalue weighted by molar-refractivity contribution is 0.171. The molecule has 21 heavy (non-hydrogen) atoms. The first-order chi connectivity index (χ1) is 10.2. The van der Waals surface area contributed by atoms with Gasteiger partial charge in [-0.3, -0.25) is 4.90 Å². The summed E-state index contributed by atoms with van der Waals surface area (Å²) in [6, 6.07) is 9.46. The molecule has 0 atom stereocenters. The Hall–Kier alpha value is -0.860. The van der Waals surface area contributed by atoms with Gasteiger partial charge in [-0.25, -0.2) is 0 Å². The molecule has 2 nitrogen and oxygen atoms in total. The average molecular weight is 288 g/mol. The number of likely N-dealkylation sites (tertiary alicyclic amines) is 1. The highest BCUT2D eigenvalue weighted by atomic mass is 15.1. The first-order valence-electron chi connectivity index (χ1n) is 8.71. The van der Waals surface area contributed by atoms with Crippen molar-refractivity contribution >= 4 is 0 Å². The smallest absolute Gasteiger partial charge is 0.0236 e. The lowest BCUT2D eigenvalue weighted by Crippen LogP contribution is -2.33. The van der Waals surface area contributed by atoms with Crippen molar-refractivity contribution in [2.75, 3.05) is 13.1 Å². The van der Waals surface area contributed by atoms with Gasteiger partial charge in [-0.15, -0.1) is 0 Å². The molecule has 0 saturated carbocycles. The van der Waals surface area contributed by atoms with E-state index in [0.717, 1.165) is 19.0 Å². The fourth-order valence-electron chi connectivity index (χ4n) is 3.28. The highest BCUT2D eigenvalue weighted by molar-refractivity contribution is 5.27. The van der Waals surface area contributed by atoms with E-state index in [9.17, 15) is 0 Å². The molecule has 0 aliphatic carbocycles. The van der Waals surface area contributed by atoms with Gasteiger partial charge in [0, 0.05) is 19.1 Å². The molecule has 0 unspecified atom stereocenters. The van der Waals surface area contributed by atoms with Crippen molar-refractivity contribution in [3.63, 3.8) is 0 Å². The van der Waals surface area contributed by atoms with E-state index in [-0.39, 0.29) is 0 Å². The van der Waals surface area contributed by atoms with Crippen molar-refractivity contribution < 1.29 is 0 Å². The van der Waals surface area contributed by atoms with Crippen molar-refractivity contribution in [1.82, 2.24) is 10.2 Å². The minimum absolute atomic E-state index is 0.544. The Morgan fingerprint density at radius 2 is 1.81 bits per heavy atom. The van der Waals surface area contributed by atoms with Crippen molar-refractivity contribution in [1.29, 1.82) is 0 Å². The molecule has 1 aromatic rings. The summed E-state index contributed by atoms with van der Waals surface area (Å²) >= 11 is 0. The van der Waals surface area contributed by atoms with E-state index in [0.29, 0.717) is 6.04 Å². The van der Waals surface area contributed by atoms with E-state index in [2.05, 4.69) is 55.3 Å². The molecule has 1 heterocycles. The third kappa shape index (κ3) is 5.44. The van der Waals surface area contributed by atoms with Gasteiger partial charge in [0.1, 0.15) is 0 Å². The Morgan fingerprint density at radius 1 is 1.14 bits per heavy atom. The fourth-order valence-corrected chi connectivity index (χ4v) is 3.28. The molecule has 0 spiro atoms. The van der Waals surface area contributed by atoms with Crippen molar-refractivity contribution in [3.8, 4) is 0 Å². The van der Waals surface area contributed by atoms with Gasteiger partial charge in [-0.1, -0.05) is 57.9 Å². The third-order valence-electron chi connectivity index (χ3n) is 4.62. The van der Waals surface area contributed by atoms with Crippen LogP contribution in [-0.2, 0) is 13.1 Å². The number of rotatable bonds is 7. The monoisotopic (exact) mass is 288 g/mol. The molecule has 2 heteroatoms. The summed E-state index contributed by atoms with van der Waals surface area (Å²) in [5.74, 6) is 0.976. The molecule has 118 valence electrons. The minimum Gasteiger partial charge on any atom is -0.310 e. The molecule has 0 bridgehead atoms. The molecule has 1 aliphatic heterocycles. The summed E-state index contributed by atoms with van der Waals surface area (Å²) in [7, 11) is 0. The van der Waals surface area contributed by atoms with Gasteiger partial charge in [0.15, 0.2) is 0 Å². The van der Waals surface area contributed by atoms with Crippen LogP contribution in [0, 0.1) is 5.92 Å². The average Bonchev–Trinajstić information content (AvgIpc) is 2.48. The Kier molecular flexibility index (Phi) is 6.72. The Morgan fingerprint density at radius 3 is 2.43 bits per heavy atom. The Labute approximate surface area is 130 Å². The van der Waals surface area contributed by atoms with Crippen LogP contribution in [0.15, 0.2) is 24.3 Å². The highest BCUT2D eigenvalue weighted by Crippen LogP contribution is 2.23. The molecule has 1 saturated heterocycles. The molecular weight excluding hydrogens is 256 g/mol. The zero-order valence-corrected chi connectivity index (χ0v) is 14.1. The van der Waals surface area contributed by atoms with Gasteiger partial charge in [-0.05, 0) is 43.0 Å². The van der Waals surface area contributed by atoms with Crippen LogP contribution in [-0.4, -0.2) is 24.0 Å². The molecular formula is C19H32N2. The van der Waals surface area contributed by atoms with E-state index in [1.54, 1.807) is 0 Å². The van der Waals surface area contributed by atoms with E-state index in [1.807, 2.05) is 0 Å². The second kappa shape index (κ2) is 8.55. The molecule has 1 fully saturated rings. The quantitative estimate of drug-likeness (QED) is 0.809. The number of hydrogen-bond acceptors (Lipinski definition) is 2. The summed E-state index contributed by atoms with van der Waals surface area (Å²) in [5.41, 5.74) is 2.96. The maximum absolute atomic E-state index is 3.54. The van der Waals surface area contributed by atoms with Gasteiger partial charge >= 0.3 is 0 Å². The van der Waals surface area contributed by atoms with Gasteiger partial charge in [0.25, 0.3) is 0 Å². The Balaban J connectivity index is 1.88. The van der Waals surface area contributed by atoms with Gasteiger partial charge < -0.3 is 5.32 Å². The van der Waals surface area contributed by atoms with E-state index >= 15 is 0 Å². The molecule has 0 radical (unpaired) electrons. The number of hydrogen-bond donors (Lipinski definition) is 1. The van der Waals surface area contributed by atoms with Crippen molar-refractivity contribution in [2.24, 2.45) is 5.92 Å². The normalized spacial score (nSPS) is 17.5. The molecule has 0 aromatic heterocycles. The number of nitrogens with zero attached hydrogens (tertiary/aromatic N) is 1. The first kappa shape index (κ1) is 16.5. The molecule has 1 aromatic carbocycles. The second-order valence-corrected chi connectivity index (χ2v) is 6.81. The van der Waals surface area contributed by atoms with Crippen molar-refractivity contribution in [2.45, 2.75) is 65.6 Å². The summed E-state index contributed by atoms with van der Waals surface area (Å²) in [6.07, 6.45) is 5.54. The van der Waals surface area contributed by atoms with Gasteiger partial charge in [-0.2, -0.15) is 0 Å². The van der Waals surface area contributed by atoms with Crippen LogP contribution in [0.4, 0.5) is 0 Å². The van der Waals surface area contributed by atoms with E-state index in [1.165, 1.54) is 49.9 Å². The zero-order chi connectivity index (χ0) is 15.1. The fraction of sp³-hybridized carbons (Fsp3) is 0.684. The summed E-state index contributed by atoms with van der Waals surface area (Å²) in [4.78, 5) is 2.64. The summed E-state index contributed by atoms with van der Waals surface area (Å²) < 4.78 is 0. The van der Waals surface area contributed by atoms with Crippen LogP contribution in [0.2, 0.25) is 0 Å². The second-order valence-electron chi connectivity index (χ2n) is 6.81. The number of benzene rings is 1. The van der Waals surface area contributed by atoms with Crippen LogP contribution in [0.5, 0.6) is 0 Å². The molecule has 1 aliphatic rings. The molecule has 2 rings (SSSR count). The number of piperidine rings is 1. The minimum atomic E-state index is 0.544. The van der Waals surface area contributed by atoms with Crippen LogP contribution >= 0.6 is 0 Å². The standard InChI is InChI=1S/C19H32N2/c1-4-7-17-10-12-21(13-11-17)15-19-9-6-5-8-18(19)14-20-16(2)3/h5-6,8-9,16-17,20H,4,7,10-15H2,1-3H3. The summed E-state index contributed by atoms with van der Waals surface area (Å²) in [6.45, 7) is 11.4. The SMILES string of the molecule is CCCC1CCN(Cc2ccccc2CNC(C)C)CC1. The lowest BCUT2D eigenvalue weighted by atomic mass is 9.92. The third-order valence-corrected chi connectivity index (χ3v) is 4.62. The first-order valence-corrected chi connectivity index (χ1v) is 8.71. The van der Waals surface area contributed by atoms with E-state index in [4.69, 9.17) is 0 Å². The van der Waals surface area contributed by atoms with Gasteiger partial charge in [0.2, 0.25) is 0 Å². The maximum Gasteiger partial charge on any atom is 0.0236 e. The van der Waals surface area contributed by atoms with Crippen LogP contribution < -0.4 is 5.32 Å². The zero-order valence-electron chi connectivity index (χ0n) is 14.1. The largest absolute Gasteiger partial charge is 0.310 e. The number of nitrogens with one attached hydrogen (secondary N) is 1. The van der Waals surface area contributed by atoms with Crippen LogP contribution in [0.25, 0.3) is 0 Å². The molecule has 0 amide bonds. The highest BCUT2D eigenvalue weighted by Gasteiger charge is 2.19. The maximum atomic E-state index is 3.54. The van der Waals surface area contributed by atoms with Crippen LogP contribution in [0.1, 0.15) is 57.6 Å². The van der Waals surface area contributed by atoms with E-state index < -0.39 is 0 Å². The van der Waals surface area contributed by atoms with Crippen LogP contribution in [0.3, 0.4) is 0 Å². The topological polar surface area (TPSA) is 15.3 Å². The summed E-state index contributed by atoms with van der Waals surface area (Å²) in [5, 5.41) is 3.54. The predicted octanol–water partition coefficient (Wildman–Crippen LogP) is 4.20. The lowest BCUT2D eigenvalue weighted by Gasteiger charge is -2.32. The predicted molar refractivity (Wildman–Crippen MR) is 91.3 cm³/mol. The van der Waals surface area contributed by atoms with Crippen molar-refractivity contribution in [3.05, 3.63) is 35.4 Å². The molecule has 1 N–H and O–H groups in total. The van der Waals surface area contributed by atoms with Gasteiger partial charge in [0.05, 0.1) is 0 Å². The Bertz CT molecular complexity index is 406.